The SMILES string of the molecule is [2H]c1c2[nH]c(c1[2H])/C(c1ccc(O)c(O)c1)=c1\[nH]/c(c([2H])c1[2H])=C(/c1ccc(O)c(O)c1)c1[nH]c(c([2H])c1[2H])/C(c1ccc(O)c(O)c1)=c1\[nH]/c(c([2H])c1[2H])=C\2C1=CC(=O)C(=O)C=C1. The molecule has 4 aromatic heterocycles. The van der Waals surface area contributed by atoms with Crippen LogP contribution in [0.5, 0.6) is 34.5 Å². The van der Waals surface area contributed by atoms with Crippen molar-refractivity contribution in [2.75, 3.05) is 0 Å². The van der Waals surface area contributed by atoms with Gasteiger partial charge in [0, 0.05) is 66.5 Å². The normalized spacial score (nSPS) is 20.0. The molecule has 0 spiro atoms. The number of fused-ring (bicyclic) bond motifs is 8. The molecular weight excluding hydrogens is 713 g/mol. The van der Waals surface area contributed by atoms with E-state index in [9.17, 15) is 51.2 Å². The number of allylic oxidation sites excluding steroid dienone is 4. The molecule has 274 valence electrons. The molecule has 12 nitrogen and oxygen atoms in total. The minimum atomic E-state index is -0.972. The number of carbonyl (C=O) groups is 2. The molecule has 5 heterocycles. The van der Waals surface area contributed by atoms with E-state index in [1.54, 1.807) is 0 Å². The number of phenols is 6. The molecule has 56 heavy (non-hydrogen) atoms. The molecule has 10 N–H and O–H groups in total. The largest absolute Gasteiger partial charge is 0.504 e. The molecule has 3 aromatic carbocycles. The Bertz CT molecular complexity index is 3610. The first-order valence-corrected chi connectivity index (χ1v) is 16.7. The number of hydrogen-bond acceptors (Lipinski definition) is 8. The summed E-state index contributed by atoms with van der Waals surface area (Å²) in [6.45, 7) is 0. The van der Waals surface area contributed by atoms with Crippen LogP contribution < -0.4 is 21.4 Å². The molecule has 0 radical (unpaired) electrons. The van der Waals surface area contributed by atoms with E-state index in [4.69, 9.17) is 0 Å². The van der Waals surface area contributed by atoms with Crippen molar-refractivity contribution in [3.05, 3.63) is 188 Å². The summed E-state index contributed by atoms with van der Waals surface area (Å²) in [7, 11) is 0. The van der Waals surface area contributed by atoms with E-state index in [0.29, 0.717) is 0 Å². The number of benzene rings is 3. The van der Waals surface area contributed by atoms with Crippen LogP contribution in [-0.4, -0.2) is 62.1 Å². The van der Waals surface area contributed by atoms with Gasteiger partial charge < -0.3 is 50.6 Å². The summed E-state index contributed by atoms with van der Waals surface area (Å²) in [4.78, 5) is 37.5. The number of rotatable bonds is 4. The molecule has 12 heteroatoms. The number of aromatic hydroxyl groups is 6. The average Bonchev–Trinajstić information content (AvgIpc) is 3.92. The number of carbonyl (C=O) groups excluding carboxylic acids is 2. The first-order chi connectivity index (χ1) is 30.4. The Balaban J connectivity index is 1.59. The fourth-order valence-electron chi connectivity index (χ4n) is 6.61. The summed E-state index contributed by atoms with van der Waals surface area (Å²) in [5, 5.41) is 62.2. The zero-order valence-electron chi connectivity index (χ0n) is 36.4. The third-order valence-electron chi connectivity index (χ3n) is 9.27. The van der Waals surface area contributed by atoms with Crippen LogP contribution in [0.25, 0.3) is 22.3 Å². The lowest BCUT2D eigenvalue weighted by molar-refractivity contribution is -0.131. The summed E-state index contributed by atoms with van der Waals surface area (Å²) in [6.07, 6.45) is 3.16. The Morgan fingerprint density at radius 3 is 1.11 bits per heavy atom. The molecule has 8 bridgehead atoms. The fourth-order valence-corrected chi connectivity index (χ4v) is 6.61. The molecule has 2 aliphatic rings. The lowest BCUT2D eigenvalue weighted by Crippen LogP contribution is -2.20. The number of nitrogens with one attached hydrogen (secondary N) is 4. The van der Waals surface area contributed by atoms with Crippen molar-refractivity contribution in [1.82, 2.24) is 19.9 Å². The highest BCUT2D eigenvalue weighted by molar-refractivity contribution is 6.47. The first-order valence-electron chi connectivity index (χ1n) is 20.7. The molecule has 1 aliphatic carbocycles. The van der Waals surface area contributed by atoms with E-state index in [1.807, 2.05) is 0 Å². The van der Waals surface area contributed by atoms with E-state index in [0.717, 1.165) is 48.6 Å². The zero-order chi connectivity index (χ0) is 45.8. The standard InChI is InChI=1S/C44H30N4O8/c49-33-13-1-21(17-37(33)53)41-25-5-7-27(45-25)42(22-2-14-34(50)38(54)18-22)29-9-11-31(47-29)44(24-4-16-36(52)40(56)20-24)32-12-10-30(48-32)43(28-8-6-26(41)46-28)23-3-15-35(51)39(55)19-23/h1-20,45-51,53-55H/b41-25-,41-26?,42-27-,42-29?,43-28?,43-30-,44-31?,44-32-/i5D,6D,7D,8D,9D,10D,11D,12D. The fraction of sp³-hybridized carbons (Fsp3) is 0. The number of H-pyrrole nitrogens is 4. The summed E-state index contributed by atoms with van der Waals surface area (Å²) in [5.41, 5.74) is -1.35. The minimum Gasteiger partial charge on any atom is -0.504 e. The third kappa shape index (κ3) is 5.65. The zero-order valence-corrected chi connectivity index (χ0v) is 28.4. The Kier molecular flexibility index (Phi) is 5.88. The van der Waals surface area contributed by atoms with E-state index < -0.39 is 94.4 Å². The van der Waals surface area contributed by atoms with Crippen LogP contribution in [-0.2, 0) is 9.59 Å². The van der Waals surface area contributed by atoms with Gasteiger partial charge in [-0.2, -0.15) is 0 Å². The van der Waals surface area contributed by atoms with Gasteiger partial charge in [-0.25, -0.2) is 0 Å². The number of ketones is 2. The van der Waals surface area contributed by atoms with Crippen molar-refractivity contribution in [3.63, 3.8) is 0 Å². The van der Waals surface area contributed by atoms with Crippen molar-refractivity contribution in [2.45, 2.75) is 0 Å². The van der Waals surface area contributed by atoms with E-state index in [-0.39, 0.29) is 88.7 Å². The number of hydrogen-bond donors (Lipinski definition) is 10. The summed E-state index contributed by atoms with van der Waals surface area (Å²) >= 11 is 0. The molecule has 0 amide bonds. The molecule has 7 aromatic rings. The van der Waals surface area contributed by atoms with Crippen LogP contribution in [0.15, 0.2) is 127 Å². The molecule has 9 rings (SSSR count). The van der Waals surface area contributed by atoms with Gasteiger partial charge >= 0.3 is 0 Å². The van der Waals surface area contributed by atoms with Crippen LogP contribution in [0.4, 0.5) is 0 Å². The van der Waals surface area contributed by atoms with E-state index in [2.05, 4.69) is 19.9 Å². The maximum absolute atomic E-state index is 13.0. The van der Waals surface area contributed by atoms with Crippen molar-refractivity contribution < 1.29 is 51.2 Å². The molecule has 0 fully saturated rings. The number of aromatic amines is 4. The Labute approximate surface area is 326 Å². The van der Waals surface area contributed by atoms with Crippen molar-refractivity contribution in [3.8, 4) is 34.5 Å². The van der Waals surface area contributed by atoms with Crippen LogP contribution in [0, 0.1) is 0 Å². The van der Waals surface area contributed by atoms with Gasteiger partial charge in [-0.15, -0.1) is 0 Å². The summed E-state index contributed by atoms with van der Waals surface area (Å²) in [6, 6.07) is 6.37. The highest BCUT2D eigenvalue weighted by Gasteiger charge is 2.22. The van der Waals surface area contributed by atoms with Crippen molar-refractivity contribution >= 4 is 33.9 Å². The maximum atomic E-state index is 13.0. The van der Waals surface area contributed by atoms with Gasteiger partial charge in [0.05, 0.1) is 11.0 Å². The Morgan fingerprint density at radius 1 is 0.393 bits per heavy atom. The van der Waals surface area contributed by atoms with Gasteiger partial charge in [0.2, 0.25) is 11.6 Å². The molecule has 0 saturated heterocycles. The quantitative estimate of drug-likeness (QED) is 0.0731. The first kappa shape index (κ1) is 25.8. The predicted octanol–water partition coefficient (Wildman–Crippen LogP) is 3.12. The summed E-state index contributed by atoms with van der Waals surface area (Å²) in [5.74, 6) is -5.31. The van der Waals surface area contributed by atoms with Gasteiger partial charge in [-0.05, 0) is 119 Å². The van der Waals surface area contributed by atoms with E-state index in [1.165, 1.54) is 24.3 Å². The Morgan fingerprint density at radius 2 is 0.750 bits per heavy atom. The number of phenolic OH excluding ortho intramolecular Hbond substituents is 6. The van der Waals surface area contributed by atoms with Crippen LogP contribution in [0.1, 0.15) is 50.4 Å². The van der Waals surface area contributed by atoms with Crippen molar-refractivity contribution in [1.29, 1.82) is 0 Å². The van der Waals surface area contributed by atoms with Crippen LogP contribution in [0.2, 0.25) is 0 Å². The topological polar surface area (TPSA) is 219 Å². The predicted molar refractivity (Wildman–Crippen MR) is 206 cm³/mol. The van der Waals surface area contributed by atoms with Gasteiger partial charge in [0.25, 0.3) is 0 Å². The second kappa shape index (κ2) is 12.8. The van der Waals surface area contributed by atoms with Crippen LogP contribution >= 0.6 is 0 Å². The maximum Gasteiger partial charge on any atom is 0.226 e. The lowest BCUT2D eigenvalue weighted by Gasteiger charge is -2.11. The van der Waals surface area contributed by atoms with E-state index >= 15 is 0 Å². The highest BCUT2D eigenvalue weighted by Crippen LogP contribution is 2.34. The van der Waals surface area contributed by atoms with Crippen LogP contribution in [0.3, 0.4) is 0 Å². The van der Waals surface area contributed by atoms with Crippen molar-refractivity contribution in [2.24, 2.45) is 0 Å². The summed E-state index contributed by atoms with van der Waals surface area (Å²) < 4.78 is 74.8. The lowest BCUT2D eigenvalue weighted by atomic mass is 9.96. The van der Waals surface area contributed by atoms with Gasteiger partial charge in [0.1, 0.15) is 0 Å². The third-order valence-corrected chi connectivity index (χ3v) is 9.27. The average molecular weight is 751 g/mol. The second-order valence-corrected chi connectivity index (χ2v) is 12.8. The molecule has 0 saturated carbocycles. The molecule has 0 unspecified atom stereocenters. The number of aromatic nitrogens is 4. The minimum absolute atomic E-state index is 0.0342. The molecular formula is C44H30N4O8. The van der Waals surface area contributed by atoms with Gasteiger partial charge in [-0.1, -0.05) is 24.3 Å². The monoisotopic (exact) mass is 750 g/mol. The second-order valence-electron chi connectivity index (χ2n) is 12.8. The van der Waals surface area contributed by atoms with Gasteiger partial charge in [0.15, 0.2) is 34.5 Å². The molecule has 1 aliphatic heterocycles. The van der Waals surface area contributed by atoms with Gasteiger partial charge in [-0.3, -0.25) is 9.59 Å². The Hall–Kier alpha value is -8.12. The smallest absolute Gasteiger partial charge is 0.226 e. The highest BCUT2D eigenvalue weighted by atomic mass is 16.3. The molecule has 0 atom stereocenters.